The molecule has 2 aromatic rings. The van der Waals surface area contributed by atoms with Crippen molar-refractivity contribution in [2.24, 2.45) is 0 Å². The van der Waals surface area contributed by atoms with Gasteiger partial charge in [-0.15, -0.1) is 11.3 Å². The van der Waals surface area contributed by atoms with E-state index in [-0.39, 0.29) is 17.9 Å². The van der Waals surface area contributed by atoms with Gasteiger partial charge in [-0.05, 0) is 42.6 Å². The summed E-state index contributed by atoms with van der Waals surface area (Å²) in [4.78, 5) is 12.8. The van der Waals surface area contributed by atoms with E-state index in [1.165, 1.54) is 12.1 Å². The van der Waals surface area contributed by atoms with Crippen LogP contribution in [-0.4, -0.2) is 18.7 Å². The molecule has 1 atom stereocenters. The summed E-state index contributed by atoms with van der Waals surface area (Å²) in [5.74, 6) is 0.269. The maximum atomic E-state index is 12.7. The zero-order valence-corrected chi connectivity index (χ0v) is 12.5. The summed E-state index contributed by atoms with van der Waals surface area (Å²) in [6, 6.07) is 9.29. The van der Waals surface area contributed by atoms with Crippen molar-refractivity contribution in [2.45, 2.75) is 19.5 Å². The molecule has 6 heteroatoms. The van der Waals surface area contributed by atoms with Crippen LogP contribution < -0.4 is 15.4 Å². The lowest BCUT2D eigenvalue weighted by Crippen LogP contribution is -2.42. The van der Waals surface area contributed by atoms with E-state index in [2.05, 4.69) is 10.6 Å². The lowest BCUT2D eigenvalue weighted by Gasteiger charge is -2.15. The minimum Gasteiger partial charge on any atom is -0.491 e. The summed E-state index contributed by atoms with van der Waals surface area (Å²) < 4.78 is 18.2. The fourth-order valence-electron chi connectivity index (χ4n) is 1.65. The van der Waals surface area contributed by atoms with Crippen LogP contribution >= 0.6 is 11.3 Å². The number of thiophene rings is 1. The van der Waals surface area contributed by atoms with E-state index in [9.17, 15) is 9.18 Å². The summed E-state index contributed by atoms with van der Waals surface area (Å²) in [6.45, 7) is 2.67. The number of nitrogens with one attached hydrogen (secondary N) is 2. The summed E-state index contributed by atoms with van der Waals surface area (Å²) in [5.41, 5.74) is 0. The largest absolute Gasteiger partial charge is 0.491 e. The van der Waals surface area contributed by atoms with Crippen LogP contribution in [0, 0.1) is 5.82 Å². The van der Waals surface area contributed by atoms with Crippen molar-refractivity contribution in [1.29, 1.82) is 0 Å². The monoisotopic (exact) mass is 308 g/mol. The number of urea groups is 1. The van der Waals surface area contributed by atoms with E-state index in [1.807, 2.05) is 24.4 Å². The Bertz CT molecular complexity index is 558. The fraction of sp³-hybridized carbons (Fsp3) is 0.267. The van der Waals surface area contributed by atoms with Gasteiger partial charge >= 0.3 is 6.03 Å². The number of rotatable bonds is 6. The minimum absolute atomic E-state index is 0.154. The van der Waals surface area contributed by atoms with Gasteiger partial charge in [-0.25, -0.2) is 9.18 Å². The third-order valence-electron chi connectivity index (χ3n) is 2.69. The Morgan fingerprint density at radius 3 is 2.76 bits per heavy atom. The molecule has 0 bridgehead atoms. The van der Waals surface area contributed by atoms with Gasteiger partial charge in [0.15, 0.2) is 0 Å². The Labute approximate surface area is 126 Å². The molecule has 2 amide bonds. The first-order valence-electron chi connectivity index (χ1n) is 6.58. The number of amides is 2. The number of hydrogen-bond donors (Lipinski definition) is 2. The number of carbonyl (C=O) groups is 1. The van der Waals surface area contributed by atoms with Gasteiger partial charge in [0.05, 0.1) is 12.6 Å². The maximum Gasteiger partial charge on any atom is 0.315 e. The molecule has 1 heterocycles. The van der Waals surface area contributed by atoms with E-state index in [0.717, 1.165) is 4.88 Å². The van der Waals surface area contributed by atoms with Crippen molar-refractivity contribution in [2.75, 3.05) is 6.61 Å². The van der Waals surface area contributed by atoms with Crippen LogP contribution in [0.1, 0.15) is 11.8 Å². The summed E-state index contributed by atoms with van der Waals surface area (Å²) in [5, 5.41) is 7.52. The third-order valence-corrected chi connectivity index (χ3v) is 3.57. The maximum absolute atomic E-state index is 12.7. The van der Waals surface area contributed by atoms with Crippen molar-refractivity contribution in [3.63, 3.8) is 0 Å². The van der Waals surface area contributed by atoms with Gasteiger partial charge in [-0.2, -0.15) is 0 Å². The topological polar surface area (TPSA) is 50.4 Å². The first-order chi connectivity index (χ1) is 10.1. The zero-order valence-electron chi connectivity index (χ0n) is 11.6. The van der Waals surface area contributed by atoms with Gasteiger partial charge in [0.25, 0.3) is 0 Å². The van der Waals surface area contributed by atoms with Crippen molar-refractivity contribution in [3.05, 3.63) is 52.5 Å². The Hall–Kier alpha value is -2.08. The zero-order chi connectivity index (χ0) is 15.1. The second kappa shape index (κ2) is 7.64. The molecule has 0 saturated carbocycles. The highest BCUT2D eigenvalue weighted by Gasteiger charge is 2.08. The van der Waals surface area contributed by atoms with Gasteiger partial charge in [-0.1, -0.05) is 6.07 Å². The summed E-state index contributed by atoms with van der Waals surface area (Å²) >= 11 is 1.59. The Kier molecular flexibility index (Phi) is 5.57. The van der Waals surface area contributed by atoms with Gasteiger partial charge in [0.2, 0.25) is 0 Å². The number of halogens is 1. The van der Waals surface area contributed by atoms with Crippen molar-refractivity contribution in [3.8, 4) is 5.75 Å². The van der Waals surface area contributed by atoms with Crippen LogP contribution in [0.5, 0.6) is 5.75 Å². The predicted octanol–water partition coefficient (Wildman–Crippen LogP) is 3.15. The van der Waals surface area contributed by atoms with E-state index >= 15 is 0 Å². The lowest BCUT2D eigenvalue weighted by molar-refractivity contribution is 0.226. The first kappa shape index (κ1) is 15.3. The minimum atomic E-state index is -0.304. The van der Waals surface area contributed by atoms with Crippen LogP contribution in [0.15, 0.2) is 41.8 Å². The van der Waals surface area contributed by atoms with Crippen LogP contribution in [0.3, 0.4) is 0 Å². The smallest absolute Gasteiger partial charge is 0.315 e. The molecule has 0 radical (unpaired) electrons. The number of carbonyl (C=O) groups excluding carboxylic acids is 1. The molecule has 0 aliphatic carbocycles. The Morgan fingerprint density at radius 2 is 2.10 bits per heavy atom. The lowest BCUT2D eigenvalue weighted by atomic mass is 10.3. The molecule has 0 fully saturated rings. The van der Waals surface area contributed by atoms with Gasteiger partial charge in [0.1, 0.15) is 18.2 Å². The first-order valence-corrected chi connectivity index (χ1v) is 7.46. The standard InChI is InChI=1S/C15H17FN2O2S/c1-11(10-20-13-6-4-12(16)5-7-13)18-15(19)17-9-14-3-2-8-21-14/h2-8,11H,9-10H2,1H3,(H2,17,18,19). The summed E-state index contributed by atoms with van der Waals surface area (Å²) in [6.07, 6.45) is 0. The molecule has 0 aliphatic rings. The van der Waals surface area contributed by atoms with Crippen LogP contribution in [0.4, 0.5) is 9.18 Å². The van der Waals surface area contributed by atoms with Crippen molar-refractivity contribution >= 4 is 17.4 Å². The molecule has 1 unspecified atom stereocenters. The van der Waals surface area contributed by atoms with E-state index in [0.29, 0.717) is 18.9 Å². The second-order valence-electron chi connectivity index (χ2n) is 4.57. The summed E-state index contributed by atoms with van der Waals surface area (Å²) in [7, 11) is 0. The Balaban J connectivity index is 1.67. The molecule has 4 nitrogen and oxygen atoms in total. The van der Waals surface area contributed by atoms with Crippen LogP contribution in [0.25, 0.3) is 0 Å². The molecule has 2 N–H and O–H groups in total. The molecule has 0 aliphatic heterocycles. The molecule has 0 saturated heterocycles. The number of benzene rings is 1. The second-order valence-corrected chi connectivity index (χ2v) is 5.60. The average molecular weight is 308 g/mol. The Morgan fingerprint density at radius 1 is 1.33 bits per heavy atom. The molecule has 0 spiro atoms. The number of hydrogen-bond acceptors (Lipinski definition) is 3. The van der Waals surface area contributed by atoms with E-state index in [1.54, 1.807) is 23.5 Å². The van der Waals surface area contributed by atoms with Gasteiger partial charge in [0, 0.05) is 4.88 Å². The molecule has 112 valence electrons. The van der Waals surface area contributed by atoms with E-state index < -0.39 is 0 Å². The molecule has 2 rings (SSSR count). The van der Waals surface area contributed by atoms with E-state index in [4.69, 9.17) is 4.74 Å². The quantitative estimate of drug-likeness (QED) is 0.861. The SMILES string of the molecule is CC(COc1ccc(F)cc1)NC(=O)NCc1cccs1. The van der Waals surface area contributed by atoms with Crippen molar-refractivity contribution < 1.29 is 13.9 Å². The predicted molar refractivity (Wildman–Crippen MR) is 81.0 cm³/mol. The average Bonchev–Trinajstić information content (AvgIpc) is 2.98. The van der Waals surface area contributed by atoms with Crippen molar-refractivity contribution in [1.82, 2.24) is 10.6 Å². The highest BCUT2D eigenvalue weighted by atomic mass is 32.1. The molecule has 21 heavy (non-hydrogen) atoms. The highest BCUT2D eigenvalue weighted by molar-refractivity contribution is 7.09. The number of ether oxygens (including phenoxy) is 1. The highest BCUT2D eigenvalue weighted by Crippen LogP contribution is 2.11. The van der Waals surface area contributed by atoms with Gasteiger partial charge < -0.3 is 15.4 Å². The molecular formula is C15H17FN2O2S. The third kappa shape index (κ3) is 5.43. The molecule has 1 aromatic heterocycles. The van der Waals surface area contributed by atoms with Crippen LogP contribution in [0.2, 0.25) is 0 Å². The van der Waals surface area contributed by atoms with Gasteiger partial charge in [-0.3, -0.25) is 0 Å². The van der Waals surface area contributed by atoms with Crippen LogP contribution in [-0.2, 0) is 6.54 Å². The fourth-order valence-corrected chi connectivity index (χ4v) is 2.29. The normalized spacial score (nSPS) is 11.7. The molecular weight excluding hydrogens is 291 g/mol. The molecule has 1 aromatic carbocycles.